The van der Waals surface area contributed by atoms with Crippen LogP contribution in [0.2, 0.25) is 5.02 Å². The topological polar surface area (TPSA) is 116 Å². The van der Waals surface area contributed by atoms with Crippen molar-refractivity contribution in [1.82, 2.24) is 0 Å². The van der Waals surface area contributed by atoms with Crippen LogP contribution < -0.4 is 9.47 Å². The predicted octanol–water partition coefficient (Wildman–Crippen LogP) is 5.93. The van der Waals surface area contributed by atoms with Crippen LogP contribution in [-0.2, 0) is 11.0 Å². The summed E-state index contributed by atoms with van der Waals surface area (Å²) in [7, 11) is 0. The van der Waals surface area contributed by atoms with Crippen molar-refractivity contribution in [3.8, 4) is 17.2 Å². The number of hydrogen-bond acceptors (Lipinski definition) is 6. The van der Waals surface area contributed by atoms with Crippen molar-refractivity contribution in [2.75, 3.05) is 6.61 Å². The first-order valence-corrected chi connectivity index (χ1v) is 9.60. The largest absolute Gasteiger partial charge is 0.489 e. The Hall–Kier alpha value is -3.60. The molecular weight excluding hydrogens is 471 g/mol. The van der Waals surface area contributed by atoms with Gasteiger partial charge < -0.3 is 19.4 Å². The Bertz CT molecular complexity index is 1120. The van der Waals surface area contributed by atoms with Gasteiger partial charge in [0.15, 0.2) is 17.1 Å². The van der Waals surface area contributed by atoms with E-state index in [1.54, 1.807) is 0 Å². The summed E-state index contributed by atoms with van der Waals surface area (Å²) in [4.78, 5) is 34.4. The number of carbonyl (C=O) groups is 2. The van der Waals surface area contributed by atoms with E-state index in [-0.39, 0.29) is 23.5 Å². The second-order valence-electron chi connectivity index (χ2n) is 6.56. The molecule has 0 spiro atoms. The first-order valence-electron chi connectivity index (χ1n) is 9.22. The highest BCUT2D eigenvalue weighted by atomic mass is 35.5. The fraction of sp³-hybridized carbons (Fsp3) is 0.238. The molecule has 0 amide bonds. The van der Waals surface area contributed by atoms with Gasteiger partial charge in [0.1, 0.15) is 12.0 Å². The predicted molar refractivity (Wildman–Crippen MR) is 111 cm³/mol. The van der Waals surface area contributed by atoms with Crippen molar-refractivity contribution in [3.05, 3.63) is 68.2 Å². The van der Waals surface area contributed by atoms with E-state index >= 15 is 0 Å². The molecule has 2 aromatic carbocycles. The minimum Gasteiger partial charge on any atom is -0.489 e. The Kier molecular flexibility index (Phi) is 7.70. The number of ether oxygens (including phenoxy) is 2. The number of benzene rings is 2. The molecule has 0 heterocycles. The molecule has 1 N–H and O–H groups in total. The van der Waals surface area contributed by atoms with Gasteiger partial charge in [0, 0.05) is 11.1 Å². The number of alkyl halides is 3. The normalized spacial score (nSPS) is 12.1. The van der Waals surface area contributed by atoms with Crippen LogP contribution >= 0.6 is 11.6 Å². The molecule has 0 radical (unpaired) electrons. The highest BCUT2D eigenvalue weighted by Crippen LogP contribution is 2.49. The lowest BCUT2D eigenvalue weighted by Gasteiger charge is -2.22. The number of aromatic carboxylic acids is 1. The van der Waals surface area contributed by atoms with Gasteiger partial charge in [-0.3, -0.25) is 10.1 Å². The number of hydrogen-bond donors (Lipinski definition) is 1. The van der Waals surface area contributed by atoms with Crippen LogP contribution in [0.15, 0.2) is 30.9 Å². The highest BCUT2D eigenvalue weighted by molar-refractivity contribution is 6.32. The zero-order valence-electron chi connectivity index (χ0n) is 17.2. The number of nitrogens with zero attached hydrogens (tertiary/aromatic N) is 1. The Morgan fingerprint density at radius 2 is 2.00 bits per heavy atom. The molecule has 0 aliphatic rings. The monoisotopic (exact) mass is 487 g/mol. The Morgan fingerprint density at radius 1 is 1.36 bits per heavy atom. The fourth-order valence-corrected chi connectivity index (χ4v) is 3.37. The third-order valence-corrected chi connectivity index (χ3v) is 4.86. The molecule has 0 saturated heterocycles. The third kappa shape index (κ3) is 5.08. The number of aldehydes is 1. The van der Waals surface area contributed by atoms with Crippen molar-refractivity contribution >= 4 is 29.5 Å². The molecule has 176 valence electrons. The van der Waals surface area contributed by atoms with E-state index in [1.807, 2.05) is 0 Å². The van der Waals surface area contributed by atoms with E-state index in [0.717, 1.165) is 12.1 Å². The SMILES string of the molecule is C=CC(C=O)c1c(C)c([N+](=O)[O-])c(C(=O)O)c(OCC)c1Oc1ccc(C(F)(F)F)cc1Cl. The molecule has 0 bridgehead atoms. The maximum absolute atomic E-state index is 13.0. The van der Waals surface area contributed by atoms with Crippen molar-refractivity contribution in [2.24, 2.45) is 0 Å². The maximum atomic E-state index is 13.0. The van der Waals surface area contributed by atoms with Gasteiger partial charge in [-0.15, -0.1) is 6.58 Å². The lowest BCUT2D eigenvalue weighted by molar-refractivity contribution is -0.385. The zero-order chi connectivity index (χ0) is 25.1. The average molecular weight is 488 g/mol. The van der Waals surface area contributed by atoms with Crippen LogP contribution in [0.5, 0.6) is 17.2 Å². The smallest absolute Gasteiger partial charge is 0.416 e. The van der Waals surface area contributed by atoms with Gasteiger partial charge in [-0.1, -0.05) is 17.7 Å². The summed E-state index contributed by atoms with van der Waals surface area (Å²) >= 11 is 5.96. The number of carboxylic acids is 1. The van der Waals surface area contributed by atoms with Crippen LogP contribution in [0.4, 0.5) is 18.9 Å². The Balaban J connectivity index is 2.95. The minimum atomic E-state index is -4.68. The summed E-state index contributed by atoms with van der Waals surface area (Å²) in [6.07, 6.45) is -3.16. The van der Waals surface area contributed by atoms with E-state index in [0.29, 0.717) is 18.4 Å². The van der Waals surface area contributed by atoms with Crippen LogP contribution in [-0.4, -0.2) is 28.9 Å². The number of carboxylic acid groups (broad SMARTS) is 1. The van der Waals surface area contributed by atoms with Gasteiger partial charge in [-0.25, -0.2) is 4.79 Å². The van der Waals surface area contributed by atoms with Gasteiger partial charge >= 0.3 is 12.1 Å². The van der Waals surface area contributed by atoms with Crippen molar-refractivity contribution in [2.45, 2.75) is 25.9 Å². The third-order valence-electron chi connectivity index (χ3n) is 4.56. The zero-order valence-corrected chi connectivity index (χ0v) is 18.0. The molecule has 1 unspecified atom stereocenters. The van der Waals surface area contributed by atoms with Gasteiger partial charge in [0.05, 0.1) is 28.0 Å². The standard InChI is InChI=1S/C21H17ClF3NO7/c1-4-11(9-27)15-10(3)17(26(30)31)16(20(28)29)18(32-5-2)19(15)33-14-7-6-12(8-13(14)22)21(23,24)25/h4,6-9,11H,1,5H2,2-3H3,(H,28,29). The molecular formula is C21H17ClF3NO7. The van der Waals surface area contributed by atoms with E-state index in [4.69, 9.17) is 21.1 Å². The first-order chi connectivity index (χ1) is 15.4. The average Bonchev–Trinajstić information content (AvgIpc) is 2.72. The van der Waals surface area contributed by atoms with Crippen LogP contribution in [0.25, 0.3) is 0 Å². The lowest BCUT2D eigenvalue weighted by atomic mass is 9.90. The van der Waals surface area contributed by atoms with Crippen molar-refractivity contribution in [3.63, 3.8) is 0 Å². The number of carbonyl (C=O) groups excluding carboxylic acids is 1. The molecule has 0 saturated carbocycles. The maximum Gasteiger partial charge on any atom is 0.416 e. The number of allylic oxidation sites excluding steroid dienone is 1. The molecule has 0 fully saturated rings. The van der Waals surface area contributed by atoms with E-state index < -0.39 is 56.3 Å². The summed E-state index contributed by atoms with van der Waals surface area (Å²) in [5, 5.41) is 20.9. The molecule has 2 rings (SSSR count). The van der Waals surface area contributed by atoms with Gasteiger partial charge in [0.25, 0.3) is 5.69 Å². The molecule has 1 atom stereocenters. The first kappa shape index (κ1) is 25.7. The molecule has 0 aliphatic heterocycles. The molecule has 8 nitrogen and oxygen atoms in total. The van der Waals surface area contributed by atoms with Crippen LogP contribution in [0, 0.1) is 17.0 Å². The van der Waals surface area contributed by atoms with E-state index in [1.165, 1.54) is 13.8 Å². The van der Waals surface area contributed by atoms with Gasteiger partial charge in [-0.05, 0) is 32.0 Å². The fourth-order valence-electron chi connectivity index (χ4n) is 3.15. The lowest BCUT2D eigenvalue weighted by Crippen LogP contribution is -2.14. The summed E-state index contributed by atoms with van der Waals surface area (Å²) in [5.41, 5.74) is -3.12. The summed E-state index contributed by atoms with van der Waals surface area (Å²) in [5.74, 6) is -4.25. The highest BCUT2D eigenvalue weighted by Gasteiger charge is 2.37. The van der Waals surface area contributed by atoms with E-state index in [9.17, 15) is 38.0 Å². The van der Waals surface area contributed by atoms with Gasteiger partial charge in [0.2, 0.25) is 0 Å². The van der Waals surface area contributed by atoms with Crippen LogP contribution in [0.3, 0.4) is 0 Å². The van der Waals surface area contributed by atoms with Crippen molar-refractivity contribution < 1.29 is 42.3 Å². The summed E-state index contributed by atoms with van der Waals surface area (Å²) in [6, 6.07) is 2.17. The quantitative estimate of drug-likeness (QED) is 0.201. The number of rotatable bonds is 9. The second kappa shape index (κ2) is 9.90. The summed E-state index contributed by atoms with van der Waals surface area (Å²) < 4.78 is 49.9. The van der Waals surface area contributed by atoms with Crippen molar-refractivity contribution in [1.29, 1.82) is 0 Å². The molecule has 12 heteroatoms. The molecule has 0 aromatic heterocycles. The molecule has 33 heavy (non-hydrogen) atoms. The number of nitro benzene ring substituents is 1. The second-order valence-corrected chi connectivity index (χ2v) is 6.97. The summed E-state index contributed by atoms with van der Waals surface area (Å²) in [6.45, 7) is 6.01. The Labute approximate surface area is 190 Å². The number of nitro groups is 1. The molecule has 0 aliphatic carbocycles. The van der Waals surface area contributed by atoms with Crippen LogP contribution in [0.1, 0.15) is 39.9 Å². The van der Waals surface area contributed by atoms with E-state index in [2.05, 4.69) is 6.58 Å². The number of halogens is 4. The minimum absolute atomic E-state index is 0.142. The van der Waals surface area contributed by atoms with Gasteiger partial charge in [-0.2, -0.15) is 13.2 Å². The molecule has 2 aromatic rings. The Morgan fingerprint density at radius 3 is 2.42 bits per heavy atom.